The van der Waals surface area contributed by atoms with Gasteiger partial charge in [0.05, 0.1) is 0 Å². The highest BCUT2D eigenvalue weighted by Crippen LogP contribution is 2.54. The first-order valence-electron chi connectivity index (χ1n) is 4.74. The highest BCUT2D eigenvalue weighted by Gasteiger charge is 2.37. The van der Waals surface area contributed by atoms with Gasteiger partial charge in [0.2, 0.25) is 0 Å². The minimum atomic E-state index is -3.18. The summed E-state index contributed by atoms with van der Waals surface area (Å²) in [5, 5.41) is 0. The van der Waals surface area contributed by atoms with Crippen molar-refractivity contribution in [1.29, 1.82) is 0 Å². The second kappa shape index (κ2) is 6.38. The molecule has 0 aromatic carbocycles. The molecule has 0 aromatic heterocycles. The molecule has 0 amide bonds. The monoisotopic (exact) mass is 274 g/mol. The van der Waals surface area contributed by atoms with Crippen LogP contribution in [0.15, 0.2) is 0 Å². The van der Waals surface area contributed by atoms with E-state index in [1.165, 1.54) is 14.2 Å². The summed E-state index contributed by atoms with van der Waals surface area (Å²) in [6.45, 7) is 6.05. The lowest BCUT2D eigenvalue weighted by atomic mass is 10.5. The van der Waals surface area contributed by atoms with Gasteiger partial charge >= 0.3 is 7.60 Å². The lowest BCUT2D eigenvalue weighted by Gasteiger charge is -2.29. The zero-order valence-electron chi connectivity index (χ0n) is 9.95. The number of halogens is 1. The van der Waals surface area contributed by atoms with Gasteiger partial charge in [-0.3, -0.25) is 4.57 Å². The summed E-state index contributed by atoms with van der Waals surface area (Å²) in [4.78, 5) is 0. The molecule has 0 spiro atoms. The molecule has 0 rings (SSSR count). The second-order valence-corrected chi connectivity index (χ2v) is 11.3. The topological polar surface area (TPSA) is 44.8 Å². The molecular weight excluding hydrogens is 255 g/mol. The maximum atomic E-state index is 12.1. The van der Waals surface area contributed by atoms with Crippen LogP contribution in [0.5, 0.6) is 0 Å². The standard InChI is InChI=1S/C8H20ClO4PSi/c1-11-14(10,12-2)8(6-7-9)13-15(3,4)5/h8H,6-7H2,1-5H3. The Labute approximate surface area is 97.9 Å². The molecule has 15 heavy (non-hydrogen) atoms. The van der Waals surface area contributed by atoms with E-state index < -0.39 is 21.8 Å². The maximum Gasteiger partial charge on any atom is 0.357 e. The van der Waals surface area contributed by atoms with Gasteiger partial charge in [-0.15, -0.1) is 11.6 Å². The number of hydrogen-bond acceptors (Lipinski definition) is 4. The van der Waals surface area contributed by atoms with Crippen molar-refractivity contribution in [3.63, 3.8) is 0 Å². The molecule has 0 bridgehead atoms. The molecule has 0 saturated carbocycles. The summed E-state index contributed by atoms with van der Waals surface area (Å²) >= 11 is 5.65. The summed E-state index contributed by atoms with van der Waals surface area (Å²) in [7, 11) is -2.25. The number of alkyl halides is 1. The molecular formula is C8H20ClO4PSi. The predicted molar refractivity (Wildman–Crippen MR) is 65.2 cm³/mol. The minimum absolute atomic E-state index is 0.367. The molecule has 1 unspecified atom stereocenters. The Morgan fingerprint density at radius 2 is 1.73 bits per heavy atom. The lowest BCUT2D eigenvalue weighted by Crippen LogP contribution is -2.32. The smallest absolute Gasteiger partial charge is 0.357 e. The summed E-state index contributed by atoms with van der Waals surface area (Å²) in [5.74, 6) is -0.192. The van der Waals surface area contributed by atoms with Crippen molar-refractivity contribution < 1.29 is 18.0 Å². The average Bonchev–Trinajstić information content (AvgIpc) is 2.14. The van der Waals surface area contributed by atoms with Crippen molar-refractivity contribution in [3.05, 3.63) is 0 Å². The quantitative estimate of drug-likeness (QED) is 0.406. The molecule has 0 heterocycles. The first-order valence-corrected chi connectivity index (χ1v) is 10.3. The maximum absolute atomic E-state index is 12.1. The third kappa shape index (κ3) is 5.47. The van der Waals surface area contributed by atoms with Crippen LogP contribution in [0, 0.1) is 0 Å². The normalized spacial score (nSPS) is 15.3. The van der Waals surface area contributed by atoms with Crippen molar-refractivity contribution in [3.8, 4) is 0 Å². The third-order valence-corrected chi connectivity index (χ3v) is 5.20. The van der Waals surface area contributed by atoms with Crippen LogP contribution in [-0.4, -0.2) is 34.3 Å². The summed E-state index contributed by atoms with van der Waals surface area (Å²) < 4.78 is 27.7. The molecule has 0 fully saturated rings. The SMILES string of the molecule is COP(=O)(OC)C(CCCl)O[Si](C)(C)C. The van der Waals surface area contributed by atoms with E-state index in [2.05, 4.69) is 0 Å². The van der Waals surface area contributed by atoms with Crippen LogP contribution in [-0.2, 0) is 18.0 Å². The van der Waals surface area contributed by atoms with Crippen molar-refractivity contribution in [2.75, 3.05) is 20.1 Å². The summed E-state index contributed by atoms with van der Waals surface area (Å²) in [6, 6.07) is 0. The van der Waals surface area contributed by atoms with Gasteiger partial charge in [-0.2, -0.15) is 0 Å². The molecule has 0 aliphatic rings. The van der Waals surface area contributed by atoms with Crippen molar-refractivity contribution in [2.45, 2.75) is 31.9 Å². The minimum Gasteiger partial charge on any atom is -0.404 e. The van der Waals surface area contributed by atoms with Gasteiger partial charge in [0.25, 0.3) is 0 Å². The number of rotatable bonds is 7. The van der Waals surface area contributed by atoms with Crippen LogP contribution in [0.25, 0.3) is 0 Å². The van der Waals surface area contributed by atoms with E-state index in [1.807, 2.05) is 19.6 Å². The molecule has 0 aliphatic carbocycles. The fourth-order valence-corrected chi connectivity index (χ4v) is 4.91. The summed E-state index contributed by atoms with van der Waals surface area (Å²) in [6.07, 6.45) is 0.463. The highest BCUT2D eigenvalue weighted by molar-refractivity contribution is 7.54. The summed E-state index contributed by atoms with van der Waals surface area (Å²) in [5.41, 5.74) is 0. The average molecular weight is 275 g/mol. The van der Waals surface area contributed by atoms with Crippen LogP contribution in [0.3, 0.4) is 0 Å². The van der Waals surface area contributed by atoms with E-state index in [9.17, 15) is 4.57 Å². The Hall–Kier alpha value is 0.617. The van der Waals surface area contributed by atoms with Gasteiger partial charge in [-0.05, 0) is 26.1 Å². The molecule has 0 aliphatic heterocycles. The van der Waals surface area contributed by atoms with E-state index >= 15 is 0 Å². The lowest BCUT2D eigenvalue weighted by molar-refractivity contribution is 0.183. The van der Waals surface area contributed by atoms with E-state index in [4.69, 9.17) is 25.1 Å². The van der Waals surface area contributed by atoms with Crippen molar-refractivity contribution in [2.24, 2.45) is 0 Å². The van der Waals surface area contributed by atoms with Gasteiger partial charge in [0.15, 0.2) is 8.32 Å². The number of hydrogen-bond donors (Lipinski definition) is 0. The second-order valence-electron chi connectivity index (χ2n) is 4.07. The molecule has 92 valence electrons. The zero-order valence-corrected chi connectivity index (χ0v) is 12.6. The fraction of sp³-hybridized carbons (Fsp3) is 1.00. The Bertz CT molecular complexity index is 223. The Morgan fingerprint density at radius 1 is 1.27 bits per heavy atom. The Kier molecular flexibility index (Phi) is 6.64. The molecule has 7 heteroatoms. The molecule has 0 saturated heterocycles. The first-order chi connectivity index (χ1) is 6.79. The molecule has 1 atom stereocenters. The van der Waals surface area contributed by atoms with Crippen LogP contribution in [0.1, 0.15) is 6.42 Å². The first kappa shape index (κ1) is 15.6. The Morgan fingerprint density at radius 3 is 2.00 bits per heavy atom. The third-order valence-electron chi connectivity index (χ3n) is 1.71. The van der Waals surface area contributed by atoms with E-state index in [-0.39, 0.29) is 0 Å². The van der Waals surface area contributed by atoms with Gasteiger partial charge in [0, 0.05) is 20.1 Å². The molecule has 4 nitrogen and oxygen atoms in total. The van der Waals surface area contributed by atoms with Gasteiger partial charge in [-0.25, -0.2) is 0 Å². The van der Waals surface area contributed by atoms with E-state index in [1.54, 1.807) is 0 Å². The zero-order chi connectivity index (χ0) is 12.1. The molecule has 0 radical (unpaired) electrons. The predicted octanol–water partition coefficient (Wildman–Crippen LogP) is 3.28. The highest BCUT2D eigenvalue weighted by atomic mass is 35.5. The van der Waals surface area contributed by atoms with Crippen LogP contribution < -0.4 is 0 Å². The van der Waals surface area contributed by atoms with Crippen LogP contribution >= 0.6 is 19.2 Å². The van der Waals surface area contributed by atoms with Crippen molar-refractivity contribution >= 4 is 27.5 Å². The van der Waals surface area contributed by atoms with E-state index in [0.29, 0.717) is 12.3 Å². The van der Waals surface area contributed by atoms with Crippen molar-refractivity contribution in [1.82, 2.24) is 0 Å². The van der Waals surface area contributed by atoms with Gasteiger partial charge < -0.3 is 13.5 Å². The fourth-order valence-electron chi connectivity index (χ4n) is 1.09. The van der Waals surface area contributed by atoms with E-state index in [0.717, 1.165) is 0 Å². The van der Waals surface area contributed by atoms with Gasteiger partial charge in [-0.1, -0.05) is 0 Å². The van der Waals surface area contributed by atoms with Gasteiger partial charge in [0.1, 0.15) is 5.85 Å². The largest absolute Gasteiger partial charge is 0.404 e. The van der Waals surface area contributed by atoms with Crippen LogP contribution in [0.4, 0.5) is 0 Å². The molecule has 0 N–H and O–H groups in total. The molecule has 0 aromatic rings. The van der Waals surface area contributed by atoms with Crippen LogP contribution in [0.2, 0.25) is 19.6 Å². The Balaban J connectivity index is 4.71.